The van der Waals surface area contributed by atoms with Crippen molar-refractivity contribution in [3.05, 3.63) is 0 Å². The second-order valence-corrected chi connectivity index (χ2v) is 6.94. The van der Waals surface area contributed by atoms with E-state index in [0.29, 0.717) is 5.92 Å². The lowest BCUT2D eigenvalue weighted by Gasteiger charge is -2.34. The highest BCUT2D eigenvalue weighted by Gasteiger charge is 2.60. The van der Waals surface area contributed by atoms with Crippen LogP contribution in [0.3, 0.4) is 0 Å². The molecule has 2 bridgehead atoms. The van der Waals surface area contributed by atoms with Crippen LogP contribution in [0, 0.1) is 41.4 Å². The van der Waals surface area contributed by atoms with Crippen LogP contribution in [-0.2, 0) is 9.53 Å². The first-order valence-corrected chi connectivity index (χ1v) is 7.75. The third kappa shape index (κ3) is 1.64. The van der Waals surface area contributed by atoms with Gasteiger partial charge in [-0.15, -0.1) is 0 Å². The van der Waals surface area contributed by atoms with E-state index >= 15 is 0 Å². The first-order valence-electron chi connectivity index (χ1n) is 7.75. The number of ether oxygens (including phenoxy) is 1. The minimum Gasteiger partial charge on any atom is -0.469 e. The highest BCUT2D eigenvalue weighted by Crippen LogP contribution is 2.65. The van der Waals surface area contributed by atoms with Gasteiger partial charge in [0.05, 0.1) is 13.0 Å². The fourth-order valence-electron chi connectivity index (χ4n) is 5.85. The molecule has 2 nitrogen and oxygen atoms in total. The molecule has 7 unspecified atom stereocenters. The fourth-order valence-corrected chi connectivity index (χ4v) is 5.85. The molecule has 0 aromatic heterocycles. The predicted octanol–water partition coefficient (Wildman–Crippen LogP) is 3.50. The summed E-state index contributed by atoms with van der Waals surface area (Å²) in [5.41, 5.74) is 0. The quantitative estimate of drug-likeness (QED) is 0.717. The van der Waals surface area contributed by atoms with Crippen LogP contribution in [0.1, 0.15) is 46.0 Å². The maximum atomic E-state index is 11.9. The Bertz CT molecular complexity index is 338. The van der Waals surface area contributed by atoms with Crippen LogP contribution in [0.2, 0.25) is 0 Å². The number of hydrogen-bond acceptors (Lipinski definition) is 2. The smallest absolute Gasteiger partial charge is 0.308 e. The van der Waals surface area contributed by atoms with E-state index in [1.165, 1.54) is 25.7 Å². The van der Waals surface area contributed by atoms with Gasteiger partial charge in [0.25, 0.3) is 0 Å². The SMILES string of the molecule is CCCC1CC(C)C2C3CC(C(=O)OC)C(C3)C12. The van der Waals surface area contributed by atoms with E-state index in [1.54, 1.807) is 7.11 Å². The topological polar surface area (TPSA) is 26.3 Å². The van der Waals surface area contributed by atoms with Crippen LogP contribution >= 0.6 is 0 Å². The molecule has 0 aromatic carbocycles. The minimum atomic E-state index is 0.0655. The molecule has 0 aromatic rings. The Hall–Kier alpha value is -0.530. The average molecular weight is 250 g/mol. The highest BCUT2D eigenvalue weighted by atomic mass is 16.5. The molecule has 0 radical (unpaired) electrons. The molecule has 102 valence electrons. The molecule has 3 fully saturated rings. The number of carbonyl (C=O) groups excluding carboxylic acids is 1. The second-order valence-electron chi connectivity index (χ2n) is 6.94. The second kappa shape index (κ2) is 4.54. The number of methoxy groups -OCH3 is 1. The van der Waals surface area contributed by atoms with Gasteiger partial charge in [0.1, 0.15) is 0 Å². The standard InChI is InChI=1S/C16H26O2/c1-4-5-10-6-9(2)14-11-7-12(15(10)14)13(8-11)16(17)18-3/h9-15H,4-8H2,1-3H3. The summed E-state index contributed by atoms with van der Waals surface area (Å²) in [6, 6.07) is 0. The Labute approximate surface area is 110 Å². The Balaban J connectivity index is 1.80. The zero-order valence-corrected chi connectivity index (χ0v) is 11.9. The molecule has 3 rings (SSSR count). The molecular formula is C16H26O2. The van der Waals surface area contributed by atoms with Crippen molar-refractivity contribution >= 4 is 5.97 Å². The van der Waals surface area contributed by atoms with E-state index in [9.17, 15) is 4.79 Å². The molecule has 0 amide bonds. The van der Waals surface area contributed by atoms with E-state index in [4.69, 9.17) is 4.74 Å². The lowest BCUT2D eigenvalue weighted by atomic mass is 9.71. The molecule has 7 atom stereocenters. The molecule has 3 saturated carbocycles. The Kier molecular flexibility index (Phi) is 3.15. The maximum Gasteiger partial charge on any atom is 0.308 e. The molecular weight excluding hydrogens is 224 g/mol. The van der Waals surface area contributed by atoms with Crippen LogP contribution < -0.4 is 0 Å². The minimum absolute atomic E-state index is 0.0655. The third-order valence-corrected chi connectivity index (χ3v) is 6.17. The Morgan fingerprint density at radius 3 is 2.67 bits per heavy atom. The summed E-state index contributed by atoms with van der Waals surface area (Å²) in [5, 5.41) is 0. The summed E-state index contributed by atoms with van der Waals surface area (Å²) >= 11 is 0. The van der Waals surface area contributed by atoms with Gasteiger partial charge in [-0.2, -0.15) is 0 Å². The van der Waals surface area contributed by atoms with Gasteiger partial charge in [-0.3, -0.25) is 4.79 Å². The van der Waals surface area contributed by atoms with Gasteiger partial charge < -0.3 is 4.74 Å². The van der Waals surface area contributed by atoms with Gasteiger partial charge >= 0.3 is 5.97 Å². The van der Waals surface area contributed by atoms with E-state index in [2.05, 4.69) is 13.8 Å². The van der Waals surface area contributed by atoms with Crippen LogP contribution in [-0.4, -0.2) is 13.1 Å². The maximum absolute atomic E-state index is 11.9. The Morgan fingerprint density at radius 1 is 1.22 bits per heavy atom. The lowest BCUT2D eigenvalue weighted by molar-refractivity contribution is -0.148. The summed E-state index contributed by atoms with van der Waals surface area (Å²) in [7, 11) is 1.55. The van der Waals surface area contributed by atoms with Crippen molar-refractivity contribution in [2.45, 2.75) is 46.0 Å². The van der Waals surface area contributed by atoms with Crippen molar-refractivity contribution in [3.63, 3.8) is 0 Å². The van der Waals surface area contributed by atoms with E-state index < -0.39 is 0 Å². The highest BCUT2D eigenvalue weighted by molar-refractivity contribution is 5.73. The molecule has 3 aliphatic rings. The molecule has 2 heteroatoms. The zero-order chi connectivity index (χ0) is 12.9. The molecule has 3 aliphatic carbocycles. The van der Waals surface area contributed by atoms with Crippen molar-refractivity contribution in [3.8, 4) is 0 Å². The largest absolute Gasteiger partial charge is 0.469 e. The summed E-state index contributed by atoms with van der Waals surface area (Å²) in [5.74, 6) is 5.30. The van der Waals surface area contributed by atoms with Gasteiger partial charge in [-0.1, -0.05) is 26.7 Å². The van der Waals surface area contributed by atoms with Gasteiger partial charge in [-0.05, 0) is 54.8 Å². The molecule has 0 spiro atoms. The number of esters is 1. The van der Waals surface area contributed by atoms with Gasteiger partial charge in [0.15, 0.2) is 0 Å². The summed E-state index contributed by atoms with van der Waals surface area (Å²) in [4.78, 5) is 11.9. The molecule has 0 heterocycles. The number of fused-ring (bicyclic) bond motifs is 5. The van der Waals surface area contributed by atoms with E-state index in [1.807, 2.05) is 0 Å². The normalized spacial score (nSPS) is 49.4. The lowest BCUT2D eigenvalue weighted by Crippen LogP contribution is -2.34. The van der Waals surface area contributed by atoms with Crippen molar-refractivity contribution < 1.29 is 9.53 Å². The fraction of sp³-hybridized carbons (Fsp3) is 0.938. The van der Waals surface area contributed by atoms with Crippen molar-refractivity contribution in [1.29, 1.82) is 0 Å². The molecule has 0 N–H and O–H groups in total. The van der Waals surface area contributed by atoms with Crippen LogP contribution in [0.5, 0.6) is 0 Å². The van der Waals surface area contributed by atoms with Crippen molar-refractivity contribution in [1.82, 2.24) is 0 Å². The van der Waals surface area contributed by atoms with Crippen LogP contribution in [0.25, 0.3) is 0 Å². The number of rotatable bonds is 3. The van der Waals surface area contributed by atoms with Crippen LogP contribution in [0.4, 0.5) is 0 Å². The molecule has 0 aliphatic heterocycles. The first-order chi connectivity index (χ1) is 8.67. The van der Waals surface area contributed by atoms with Gasteiger partial charge in [0.2, 0.25) is 0 Å². The number of hydrogen-bond donors (Lipinski definition) is 0. The zero-order valence-electron chi connectivity index (χ0n) is 11.9. The van der Waals surface area contributed by atoms with Gasteiger partial charge in [-0.25, -0.2) is 0 Å². The first kappa shape index (κ1) is 12.5. The summed E-state index contributed by atoms with van der Waals surface area (Å²) in [6.45, 7) is 4.74. The van der Waals surface area contributed by atoms with Crippen molar-refractivity contribution in [2.24, 2.45) is 41.4 Å². The summed E-state index contributed by atoms with van der Waals surface area (Å²) < 4.78 is 5.02. The summed E-state index contributed by atoms with van der Waals surface area (Å²) in [6.07, 6.45) is 6.48. The number of carbonyl (C=O) groups is 1. The molecule has 0 saturated heterocycles. The predicted molar refractivity (Wildman–Crippen MR) is 70.9 cm³/mol. The monoisotopic (exact) mass is 250 g/mol. The van der Waals surface area contributed by atoms with Crippen LogP contribution in [0.15, 0.2) is 0 Å². The average Bonchev–Trinajstić information content (AvgIpc) is 3.01. The Morgan fingerprint density at radius 2 is 2.00 bits per heavy atom. The van der Waals surface area contributed by atoms with E-state index in [-0.39, 0.29) is 11.9 Å². The third-order valence-electron chi connectivity index (χ3n) is 6.17. The van der Waals surface area contributed by atoms with Gasteiger partial charge in [0, 0.05) is 0 Å². The van der Waals surface area contributed by atoms with E-state index in [0.717, 1.165) is 36.0 Å². The van der Waals surface area contributed by atoms with Crippen molar-refractivity contribution in [2.75, 3.05) is 7.11 Å². The molecule has 18 heavy (non-hydrogen) atoms.